The average molecular weight is 399 g/mol. The van der Waals surface area contributed by atoms with Gasteiger partial charge in [-0.1, -0.05) is 23.7 Å². The summed E-state index contributed by atoms with van der Waals surface area (Å²) in [5.41, 5.74) is 0.170. The number of nitrogens with one attached hydrogen (secondary N) is 1. The van der Waals surface area contributed by atoms with Crippen LogP contribution in [0.1, 0.15) is 28.4 Å². The Kier molecular flexibility index (Phi) is 6.49. The van der Waals surface area contributed by atoms with Gasteiger partial charge in [-0.2, -0.15) is 13.2 Å². The highest BCUT2D eigenvalue weighted by Crippen LogP contribution is 2.29. The van der Waals surface area contributed by atoms with Crippen LogP contribution in [0.5, 0.6) is 0 Å². The lowest BCUT2D eigenvalue weighted by atomic mass is 10.1. The molecule has 2 aromatic carbocycles. The number of benzene rings is 2. The zero-order chi connectivity index (χ0) is 20.2. The number of amides is 2. The Hall–Kier alpha value is -2.54. The van der Waals surface area contributed by atoms with E-state index in [0.717, 1.165) is 12.1 Å². The van der Waals surface area contributed by atoms with Crippen LogP contribution in [0, 0.1) is 0 Å². The van der Waals surface area contributed by atoms with Crippen molar-refractivity contribution in [3.05, 3.63) is 70.2 Å². The number of nitrogens with zero attached hydrogens (tertiary/aromatic N) is 1. The van der Waals surface area contributed by atoms with Crippen molar-refractivity contribution in [3.8, 4) is 0 Å². The van der Waals surface area contributed by atoms with Gasteiger partial charge >= 0.3 is 6.18 Å². The number of halogens is 4. The van der Waals surface area contributed by atoms with Crippen molar-refractivity contribution < 1.29 is 22.8 Å². The summed E-state index contributed by atoms with van der Waals surface area (Å²) >= 11 is 5.77. The van der Waals surface area contributed by atoms with Gasteiger partial charge < -0.3 is 10.2 Å². The Morgan fingerprint density at radius 3 is 2.15 bits per heavy atom. The van der Waals surface area contributed by atoms with E-state index in [0.29, 0.717) is 16.1 Å². The molecule has 0 unspecified atom stereocenters. The first kappa shape index (κ1) is 20.8. The molecular formula is C19H18ClF3N2O2. The standard InChI is InChI=1S/C19H18ClF3N2O2/c1-12(24-17(26)14-5-9-16(20)10-6-14)18(27)25(2)11-13-3-7-15(8-4-13)19(21,22)23/h3-10,12H,11H2,1-2H3,(H,24,26)/t12-/m0/s1. The second-order valence-electron chi connectivity index (χ2n) is 6.09. The van der Waals surface area contributed by atoms with Gasteiger partial charge in [0.15, 0.2) is 0 Å². The largest absolute Gasteiger partial charge is 0.416 e. The molecule has 0 spiro atoms. The number of rotatable bonds is 5. The van der Waals surface area contributed by atoms with Crippen LogP contribution in [0.4, 0.5) is 13.2 Å². The van der Waals surface area contributed by atoms with E-state index >= 15 is 0 Å². The molecular weight excluding hydrogens is 381 g/mol. The number of alkyl halides is 3. The van der Waals surface area contributed by atoms with E-state index in [9.17, 15) is 22.8 Å². The van der Waals surface area contributed by atoms with Crippen LogP contribution in [0.15, 0.2) is 48.5 Å². The molecule has 1 atom stereocenters. The fourth-order valence-corrected chi connectivity index (χ4v) is 2.55. The molecule has 27 heavy (non-hydrogen) atoms. The average Bonchev–Trinajstić information content (AvgIpc) is 2.61. The number of carbonyl (C=O) groups excluding carboxylic acids is 2. The lowest BCUT2D eigenvalue weighted by Crippen LogP contribution is -2.45. The molecule has 0 aliphatic rings. The van der Waals surface area contributed by atoms with Gasteiger partial charge in [0.2, 0.25) is 5.91 Å². The summed E-state index contributed by atoms with van der Waals surface area (Å²) in [7, 11) is 1.52. The minimum Gasteiger partial charge on any atom is -0.341 e. The van der Waals surface area contributed by atoms with Gasteiger partial charge in [0, 0.05) is 24.2 Å². The minimum absolute atomic E-state index is 0.123. The topological polar surface area (TPSA) is 49.4 Å². The molecule has 0 fully saturated rings. The van der Waals surface area contributed by atoms with E-state index in [1.165, 1.54) is 24.1 Å². The third-order valence-electron chi connectivity index (χ3n) is 3.90. The summed E-state index contributed by atoms with van der Waals surface area (Å²) in [6, 6.07) is 10.0. The van der Waals surface area contributed by atoms with Gasteiger partial charge in [-0.3, -0.25) is 9.59 Å². The molecule has 0 radical (unpaired) electrons. The molecule has 144 valence electrons. The molecule has 8 heteroatoms. The van der Waals surface area contributed by atoms with Crippen LogP contribution in [0.2, 0.25) is 5.02 Å². The van der Waals surface area contributed by atoms with Crippen LogP contribution in [-0.4, -0.2) is 29.8 Å². The Balaban J connectivity index is 1.95. The van der Waals surface area contributed by atoms with E-state index in [4.69, 9.17) is 11.6 Å². The highest BCUT2D eigenvalue weighted by Gasteiger charge is 2.30. The SMILES string of the molecule is C[C@H](NC(=O)c1ccc(Cl)cc1)C(=O)N(C)Cc1ccc(C(F)(F)F)cc1. The summed E-state index contributed by atoms with van der Waals surface area (Å²) in [5.74, 6) is -0.785. The molecule has 0 heterocycles. The Labute approximate surface area is 159 Å². The summed E-state index contributed by atoms with van der Waals surface area (Å²) in [5, 5.41) is 3.08. The predicted molar refractivity (Wildman–Crippen MR) is 96.3 cm³/mol. The maximum Gasteiger partial charge on any atom is 0.416 e. The first-order valence-electron chi connectivity index (χ1n) is 8.05. The summed E-state index contributed by atoms with van der Waals surface area (Å²) in [6.45, 7) is 1.66. The van der Waals surface area contributed by atoms with Crippen LogP contribution in [0.3, 0.4) is 0 Å². The lowest BCUT2D eigenvalue weighted by molar-refractivity contribution is -0.137. The maximum absolute atomic E-state index is 12.6. The molecule has 0 aliphatic carbocycles. The molecule has 0 aromatic heterocycles. The third kappa shape index (κ3) is 5.72. The molecule has 0 saturated heterocycles. The number of likely N-dealkylation sites (N-methyl/N-ethyl adjacent to an activating group) is 1. The van der Waals surface area contributed by atoms with Crippen LogP contribution in [-0.2, 0) is 17.5 Å². The Bertz CT molecular complexity index is 805. The zero-order valence-corrected chi connectivity index (χ0v) is 15.4. The third-order valence-corrected chi connectivity index (χ3v) is 4.15. The first-order valence-corrected chi connectivity index (χ1v) is 8.43. The lowest BCUT2D eigenvalue weighted by Gasteiger charge is -2.22. The highest BCUT2D eigenvalue weighted by atomic mass is 35.5. The molecule has 4 nitrogen and oxygen atoms in total. The van der Waals surface area contributed by atoms with Gasteiger partial charge in [0.1, 0.15) is 6.04 Å². The first-order chi connectivity index (χ1) is 12.6. The van der Waals surface area contributed by atoms with Crippen molar-refractivity contribution in [2.24, 2.45) is 0 Å². The molecule has 0 aliphatic heterocycles. The van der Waals surface area contributed by atoms with E-state index in [1.54, 1.807) is 31.2 Å². The van der Waals surface area contributed by atoms with Crippen molar-refractivity contribution in [1.82, 2.24) is 10.2 Å². The smallest absolute Gasteiger partial charge is 0.341 e. The van der Waals surface area contributed by atoms with Gasteiger partial charge in [-0.15, -0.1) is 0 Å². The number of carbonyl (C=O) groups is 2. The van der Waals surface area contributed by atoms with Crippen LogP contribution in [0.25, 0.3) is 0 Å². The second-order valence-corrected chi connectivity index (χ2v) is 6.53. The molecule has 0 bridgehead atoms. The molecule has 2 aromatic rings. The molecule has 2 amide bonds. The minimum atomic E-state index is -4.40. The van der Waals surface area contributed by atoms with Gasteiger partial charge in [-0.25, -0.2) is 0 Å². The molecule has 1 N–H and O–H groups in total. The predicted octanol–water partition coefficient (Wildman–Crippen LogP) is 4.14. The zero-order valence-electron chi connectivity index (χ0n) is 14.7. The van der Waals surface area contributed by atoms with Crippen molar-refractivity contribution in [3.63, 3.8) is 0 Å². The Morgan fingerprint density at radius 2 is 1.63 bits per heavy atom. The molecule has 0 saturated carbocycles. The van der Waals surface area contributed by atoms with Crippen molar-refractivity contribution in [2.45, 2.75) is 25.7 Å². The number of hydrogen-bond donors (Lipinski definition) is 1. The van der Waals surface area contributed by atoms with Gasteiger partial charge in [0.05, 0.1) is 5.56 Å². The normalized spacial score (nSPS) is 12.4. The highest BCUT2D eigenvalue weighted by molar-refractivity contribution is 6.30. The van der Waals surface area contributed by atoms with Gasteiger partial charge in [-0.05, 0) is 48.9 Å². The van der Waals surface area contributed by atoms with Crippen LogP contribution < -0.4 is 5.32 Å². The second kappa shape index (κ2) is 8.43. The van der Waals surface area contributed by atoms with Crippen molar-refractivity contribution >= 4 is 23.4 Å². The molecule has 2 rings (SSSR count). The quantitative estimate of drug-likeness (QED) is 0.823. The maximum atomic E-state index is 12.6. The summed E-state index contributed by atoms with van der Waals surface area (Å²) in [4.78, 5) is 25.9. The summed E-state index contributed by atoms with van der Waals surface area (Å²) in [6.07, 6.45) is -4.40. The monoisotopic (exact) mass is 398 g/mol. The van der Waals surface area contributed by atoms with E-state index in [-0.39, 0.29) is 12.5 Å². The van der Waals surface area contributed by atoms with E-state index in [1.807, 2.05) is 0 Å². The van der Waals surface area contributed by atoms with Crippen LogP contribution >= 0.6 is 11.6 Å². The Morgan fingerprint density at radius 1 is 1.07 bits per heavy atom. The number of hydrogen-bond acceptors (Lipinski definition) is 2. The fourth-order valence-electron chi connectivity index (χ4n) is 2.42. The van der Waals surface area contributed by atoms with E-state index < -0.39 is 23.7 Å². The summed E-state index contributed by atoms with van der Waals surface area (Å²) < 4.78 is 37.8. The van der Waals surface area contributed by atoms with E-state index in [2.05, 4.69) is 5.32 Å². The van der Waals surface area contributed by atoms with Gasteiger partial charge in [0.25, 0.3) is 5.91 Å². The van der Waals surface area contributed by atoms with Crippen molar-refractivity contribution in [1.29, 1.82) is 0 Å². The van der Waals surface area contributed by atoms with Crippen molar-refractivity contribution in [2.75, 3.05) is 7.05 Å². The fraction of sp³-hybridized carbons (Fsp3) is 0.263.